The van der Waals surface area contributed by atoms with E-state index in [1.807, 2.05) is 39.0 Å². The average molecular weight is 331 g/mol. The van der Waals surface area contributed by atoms with E-state index in [4.69, 9.17) is 4.74 Å². The lowest BCUT2D eigenvalue weighted by Gasteiger charge is -2.26. The molecule has 0 radical (unpaired) electrons. The highest BCUT2D eigenvalue weighted by Gasteiger charge is 2.11. The molecular formula is C18H29N5O. The van der Waals surface area contributed by atoms with Crippen LogP contribution < -0.4 is 10.6 Å². The van der Waals surface area contributed by atoms with Crippen LogP contribution in [-0.2, 0) is 4.74 Å². The van der Waals surface area contributed by atoms with Gasteiger partial charge in [0, 0.05) is 38.1 Å². The minimum atomic E-state index is 0.676. The van der Waals surface area contributed by atoms with Crippen LogP contribution in [0.2, 0.25) is 0 Å². The SMILES string of the molecule is CC.CCNc1nc(NCCN2CCOCC2)c2ccccc2n1. The number of nitrogens with one attached hydrogen (secondary N) is 2. The number of para-hydroxylation sites is 1. The molecule has 0 atom stereocenters. The van der Waals surface area contributed by atoms with Crippen LogP contribution in [0.3, 0.4) is 0 Å². The monoisotopic (exact) mass is 331 g/mol. The van der Waals surface area contributed by atoms with Crippen LogP contribution in [0, 0.1) is 0 Å². The maximum atomic E-state index is 5.37. The first-order valence-electron chi connectivity index (χ1n) is 8.91. The van der Waals surface area contributed by atoms with E-state index in [0.717, 1.165) is 62.7 Å². The molecule has 0 unspecified atom stereocenters. The van der Waals surface area contributed by atoms with Gasteiger partial charge in [0.05, 0.1) is 18.7 Å². The molecule has 2 N–H and O–H groups in total. The van der Waals surface area contributed by atoms with Gasteiger partial charge in [0.2, 0.25) is 5.95 Å². The zero-order chi connectivity index (χ0) is 17.2. The van der Waals surface area contributed by atoms with Gasteiger partial charge in [-0.25, -0.2) is 4.98 Å². The molecule has 1 aromatic carbocycles. The summed E-state index contributed by atoms with van der Waals surface area (Å²) in [5, 5.41) is 7.71. The molecule has 0 bridgehead atoms. The molecule has 6 nitrogen and oxygen atoms in total. The van der Waals surface area contributed by atoms with Crippen molar-refractivity contribution in [2.24, 2.45) is 0 Å². The second kappa shape index (κ2) is 10.1. The first-order chi connectivity index (χ1) is 11.9. The van der Waals surface area contributed by atoms with Crippen LogP contribution in [0.4, 0.5) is 11.8 Å². The lowest BCUT2D eigenvalue weighted by atomic mass is 10.2. The summed E-state index contributed by atoms with van der Waals surface area (Å²) in [6.45, 7) is 12.4. The van der Waals surface area contributed by atoms with Crippen LogP contribution >= 0.6 is 0 Å². The molecular weight excluding hydrogens is 302 g/mol. The summed E-state index contributed by atoms with van der Waals surface area (Å²) in [6.07, 6.45) is 0. The van der Waals surface area contributed by atoms with Gasteiger partial charge in [-0.15, -0.1) is 0 Å². The molecule has 1 aliphatic rings. The van der Waals surface area contributed by atoms with E-state index in [-0.39, 0.29) is 0 Å². The minimum absolute atomic E-state index is 0.676. The Morgan fingerprint density at radius 1 is 1.08 bits per heavy atom. The number of benzene rings is 1. The zero-order valence-electron chi connectivity index (χ0n) is 15.0. The van der Waals surface area contributed by atoms with Crippen LogP contribution in [0.1, 0.15) is 20.8 Å². The van der Waals surface area contributed by atoms with Crippen molar-refractivity contribution < 1.29 is 4.74 Å². The third-order valence-electron chi connectivity index (χ3n) is 3.76. The van der Waals surface area contributed by atoms with Gasteiger partial charge in [-0.2, -0.15) is 4.98 Å². The van der Waals surface area contributed by atoms with Crippen molar-refractivity contribution in [2.75, 3.05) is 56.6 Å². The Morgan fingerprint density at radius 3 is 2.58 bits per heavy atom. The Labute approximate surface area is 144 Å². The summed E-state index contributed by atoms with van der Waals surface area (Å²) in [5.74, 6) is 1.57. The number of anilines is 2. The number of fused-ring (bicyclic) bond motifs is 1. The van der Waals surface area contributed by atoms with E-state index in [9.17, 15) is 0 Å². The summed E-state index contributed by atoms with van der Waals surface area (Å²) >= 11 is 0. The highest BCUT2D eigenvalue weighted by atomic mass is 16.5. The van der Waals surface area contributed by atoms with Crippen molar-refractivity contribution in [1.82, 2.24) is 14.9 Å². The number of rotatable bonds is 6. The number of hydrogen-bond acceptors (Lipinski definition) is 6. The summed E-state index contributed by atoms with van der Waals surface area (Å²) < 4.78 is 5.37. The zero-order valence-corrected chi connectivity index (χ0v) is 15.0. The quantitative estimate of drug-likeness (QED) is 0.849. The Kier molecular flexibility index (Phi) is 7.71. The predicted molar refractivity (Wildman–Crippen MR) is 101 cm³/mol. The van der Waals surface area contributed by atoms with E-state index in [0.29, 0.717) is 5.95 Å². The summed E-state index contributed by atoms with van der Waals surface area (Å²) in [4.78, 5) is 11.5. The molecule has 1 aliphatic heterocycles. The third kappa shape index (κ3) is 5.04. The molecule has 132 valence electrons. The Morgan fingerprint density at radius 2 is 1.83 bits per heavy atom. The first kappa shape index (κ1) is 18.4. The predicted octanol–water partition coefficient (Wildman–Crippen LogP) is 2.83. The van der Waals surface area contributed by atoms with Crippen LogP contribution in [0.5, 0.6) is 0 Å². The largest absolute Gasteiger partial charge is 0.379 e. The maximum absolute atomic E-state index is 5.37. The van der Waals surface area contributed by atoms with E-state index in [2.05, 4.69) is 31.6 Å². The Hall–Kier alpha value is -1.92. The van der Waals surface area contributed by atoms with Gasteiger partial charge in [0.1, 0.15) is 5.82 Å². The molecule has 0 aliphatic carbocycles. The van der Waals surface area contributed by atoms with Gasteiger partial charge in [-0.1, -0.05) is 26.0 Å². The van der Waals surface area contributed by atoms with Crippen molar-refractivity contribution in [3.05, 3.63) is 24.3 Å². The second-order valence-electron chi connectivity index (χ2n) is 5.32. The first-order valence-corrected chi connectivity index (χ1v) is 8.91. The second-order valence-corrected chi connectivity index (χ2v) is 5.32. The van der Waals surface area contributed by atoms with Gasteiger partial charge in [0.25, 0.3) is 0 Å². The molecule has 2 heterocycles. The fourth-order valence-corrected chi connectivity index (χ4v) is 2.61. The number of morpholine rings is 1. The molecule has 24 heavy (non-hydrogen) atoms. The van der Waals surface area contributed by atoms with Crippen LogP contribution in [0.25, 0.3) is 10.9 Å². The number of nitrogens with zero attached hydrogens (tertiary/aromatic N) is 3. The lowest BCUT2D eigenvalue weighted by Crippen LogP contribution is -2.39. The minimum Gasteiger partial charge on any atom is -0.379 e. The van der Waals surface area contributed by atoms with Gasteiger partial charge < -0.3 is 15.4 Å². The molecule has 3 rings (SSSR count). The van der Waals surface area contributed by atoms with Crippen molar-refractivity contribution >= 4 is 22.7 Å². The van der Waals surface area contributed by atoms with Gasteiger partial charge in [-0.3, -0.25) is 4.90 Å². The van der Waals surface area contributed by atoms with Crippen molar-refractivity contribution in [2.45, 2.75) is 20.8 Å². The third-order valence-corrected chi connectivity index (χ3v) is 3.76. The summed E-state index contributed by atoms with van der Waals surface area (Å²) in [6, 6.07) is 8.10. The van der Waals surface area contributed by atoms with E-state index in [1.165, 1.54) is 0 Å². The van der Waals surface area contributed by atoms with Crippen molar-refractivity contribution in [3.8, 4) is 0 Å². The fraction of sp³-hybridized carbons (Fsp3) is 0.556. The number of ether oxygens (including phenoxy) is 1. The topological polar surface area (TPSA) is 62.3 Å². The smallest absolute Gasteiger partial charge is 0.225 e. The van der Waals surface area contributed by atoms with Crippen LogP contribution in [0.15, 0.2) is 24.3 Å². The Balaban J connectivity index is 0.00000100. The van der Waals surface area contributed by atoms with Gasteiger partial charge >= 0.3 is 0 Å². The fourth-order valence-electron chi connectivity index (χ4n) is 2.61. The van der Waals surface area contributed by atoms with E-state index >= 15 is 0 Å². The van der Waals surface area contributed by atoms with E-state index < -0.39 is 0 Å². The standard InChI is InChI=1S/C16H23N5O.C2H6/c1-2-17-16-19-14-6-4-3-5-13(14)15(20-16)18-7-8-21-9-11-22-12-10-21;1-2/h3-6H,2,7-12H2,1H3,(H2,17,18,19,20);1-2H3. The van der Waals surface area contributed by atoms with Crippen molar-refractivity contribution in [1.29, 1.82) is 0 Å². The van der Waals surface area contributed by atoms with E-state index in [1.54, 1.807) is 0 Å². The molecule has 2 aromatic rings. The summed E-state index contributed by atoms with van der Waals surface area (Å²) in [7, 11) is 0. The highest BCUT2D eigenvalue weighted by Crippen LogP contribution is 2.21. The summed E-state index contributed by atoms with van der Waals surface area (Å²) in [5.41, 5.74) is 0.960. The van der Waals surface area contributed by atoms with Crippen molar-refractivity contribution in [3.63, 3.8) is 0 Å². The highest BCUT2D eigenvalue weighted by molar-refractivity contribution is 5.89. The molecule has 1 aromatic heterocycles. The number of aromatic nitrogens is 2. The molecule has 1 fully saturated rings. The lowest BCUT2D eigenvalue weighted by molar-refractivity contribution is 0.0398. The van der Waals surface area contributed by atoms with Crippen LogP contribution in [-0.4, -0.2) is 60.8 Å². The molecule has 0 spiro atoms. The number of hydrogen-bond donors (Lipinski definition) is 2. The Bertz CT molecular complexity index is 613. The molecule has 0 amide bonds. The van der Waals surface area contributed by atoms with Gasteiger partial charge in [-0.05, 0) is 19.1 Å². The molecule has 1 saturated heterocycles. The normalized spacial score (nSPS) is 14.8. The maximum Gasteiger partial charge on any atom is 0.225 e. The molecule has 0 saturated carbocycles. The van der Waals surface area contributed by atoms with Gasteiger partial charge in [0.15, 0.2) is 0 Å². The molecule has 6 heteroatoms. The average Bonchev–Trinajstić information content (AvgIpc) is 2.64.